The van der Waals surface area contributed by atoms with Gasteiger partial charge in [-0.3, -0.25) is 4.79 Å². The monoisotopic (exact) mass is 334 g/mol. The molecule has 4 nitrogen and oxygen atoms in total. The highest BCUT2D eigenvalue weighted by Gasteiger charge is 2.43. The molecule has 0 aromatic heterocycles. The van der Waals surface area contributed by atoms with Crippen molar-refractivity contribution in [2.24, 2.45) is 11.0 Å². The molecule has 4 heteroatoms. The summed E-state index contributed by atoms with van der Waals surface area (Å²) >= 11 is 0. The highest BCUT2D eigenvalue weighted by Crippen LogP contribution is 2.44. The molecule has 0 saturated heterocycles. The van der Waals surface area contributed by atoms with E-state index in [9.17, 15) is 4.79 Å². The summed E-state index contributed by atoms with van der Waals surface area (Å²) in [7, 11) is 1.69. The Hall–Kier alpha value is -2.62. The Labute approximate surface area is 148 Å². The van der Waals surface area contributed by atoms with Gasteiger partial charge in [0.2, 0.25) is 5.91 Å². The first-order valence-corrected chi connectivity index (χ1v) is 8.85. The average molecular weight is 334 g/mol. The van der Waals surface area contributed by atoms with Gasteiger partial charge < -0.3 is 4.74 Å². The summed E-state index contributed by atoms with van der Waals surface area (Å²) in [4.78, 5) is 12.6. The molecule has 0 fully saturated rings. The number of hydrogen-bond donors (Lipinski definition) is 0. The number of methoxy groups -OCH3 is 1. The van der Waals surface area contributed by atoms with E-state index in [0.717, 1.165) is 35.4 Å². The van der Waals surface area contributed by atoms with Crippen LogP contribution in [0.2, 0.25) is 0 Å². The van der Waals surface area contributed by atoms with Gasteiger partial charge in [-0.05, 0) is 42.2 Å². The Morgan fingerprint density at radius 3 is 2.76 bits per heavy atom. The van der Waals surface area contributed by atoms with Gasteiger partial charge in [-0.1, -0.05) is 37.3 Å². The zero-order chi connectivity index (χ0) is 17.4. The molecular formula is C21H22N2O2. The summed E-state index contributed by atoms with van der Waals surface area (Å²) in [5.74, 6) is 1.20. The molecular weight excluding hydrogens is 312 g/mol. The van der Waals surface area contributed by atoms with E-state index >= 15 is 0 Å². The first-order chi connectivity index (χ1) is 12.2. The Bertz CT molecular complexity index is 829. The van der Waals surface area contributed by atoms with Crippen molar-refractivity contribution in [1.82, 2.24) is 5.01 Å². The van der Waals surface area contributed by atoms with Crippen LogP contribution in [-0.2, 0) is 11.2 Å². The second kappa shape index (κ2) is 6.36. The summed E-state index contributed by atoms with van der Waals surface area (Å²) in [5.41, 5.74) is 4.61. The lowest BCUT2D eigenvalue weighted by molar-refractivity contribution is -0.133. The summed E-state index contributed by atoms with van der Waals surface area (Å²) < 4.78 is 5.35. The molecule has 2 aromatic rings. The zero-order valence-electron chi connectivity index (χ0n) is 14.6. The van der Waals surface area contributed by atoms with E-state index in [1.54, 1.807) is 12.1 Å². The van der Waals surface area contributed by atoms with Crippen LogP contribution in [0.4, 0.5) is 0 Å². The number of nitrogens with zero attached hydrogens (tertiary/aromatic N) is 2. The van der Waals surface area contributed by atoms with Crippen LogP contribution in [-0.4, -0.2) is 23.7 Å². The Morgan fingerprint density at radius 1 is 1.24 bits per heavy atom. The number of carbonyl (C=O) groups is 1. The quantitative estimate of drug-likeness (QED) is 0.853. The maximum absolute atomic E-state index is 12.6. The Kier molecular flexibility index (Phi) is 4.04. The van der Waals surface area contributed by atoms with Crippen LogP contribution >= 0.6 is 0 Å². The van der Waals surface area contributed by atoms with Crippen LogP contribution in [0.15, 0.2) is 53.6 Å². The fraction of sp³-hybridized carbons (Fsp3) is 0.333. The fourth-order valence-corrected chi connectivity index (χ4v) is 3.98. The summed E-state index contributed by atoms with van der Waals surface area (Å²) in [5, 5.41) is 6.51. The molecule has 128 valence electrons. The number of amides is 1. The highest BCUT2D eigenvalue weighted by atomic mass is 16.5. The van der Waals surface area contributed by atoms with Gasteiger partial charge in [-0.2, -0.15) is 5.10 Å². The standard InChI is InChI=1S/C21H22N2O2/c1-3-19(24)23-21(14-7-5-4-6-8-14)18-11-9-15-13-16(25-2)10-12-17(15)20(18)22-23/h4-8,10,12-13,18,21H,3,9,11H2,1-2H3/t18-,21+/m1/s1. The van der Waals surface area contributed by atoms with Crippen molar-refractivity contribution in [3.8, 4) is 5.75 Å². The first-order valence-electron chi connectivity index (χ1n) is 8.85. The number of hydrazone groups is 1. The molecule has 2 aromatic carbocycles. The largest absolute Gasteiger partial charge is 0.497 e. The van der Waals surface area contributed by atoms with Crippen molar-refractivity contribution in [1.29, 1.82) is 0 Å². The third kappa shape index (κ3) is 2.62. The van der Waals surface area contributed by atoms with E-state index in [1.165, 1.54) is 5.56 Å². The maximum Gasteiger partial charge on any atom is 0.242 e. The lowest BCUT2D eigenvalue weighted by Gasteiger charge is -2.29. The first kappa shape index (κ1) is 15.9. The molecule has 0 N–H and O–H groups in total. The van der Waals surface area contributed by atoms with E-state index in [4.69, 9.17) is 9.84 Å². The molecule has 2 atom stereocenters. The van der Waals surface area contributed by atoms with Crippen LogP contribution in [0.1, 0.15) is 42.5 Å². The second-order valence-corrected chi connectivity index (χ2v) is 6.60. The highest BCUT2D eigenvalue weighted by molar-refractivity contribution is 6.07. The molecule has 25 heavy (non-hydrogen) atoms. The van der Waals surface area contributed by atoms with E-state index in [0.29, 0.717) is 6.42 Å². The molecule has 1 heterocycles. The number of benzene rings is 2. The molecule has 1 amide bonds. The van der Waals surface area contributed by atoms with E-state index in [1.807, 2.05) is 31.2 Å². The minimum Gasteiger partial charge on any atom is -0.497 e. The van der Waals surface area contributed by atoms with Crippen molar-refractivity contribution in [2.45, 2.75) is 32.2 Å². The number of hydrogen-bond acceptors (Lipinski definition) is 3. The smallest absolute Gasteiger partial charge is 0.242 e. The van der Waals surface area contributed by atoms with Gasteiger partial charge in [0.1, 0.15) is 5.75 Å². The molecule has 0 bridgehead atoms. The summed E-state index contributed by atoms with van der Waals surface area (Å²) in [6.07, 6.45) is 2.43. The lowest BCUT2D eigenvalue weighted by Crippen LogP contribution is -2.31. The average Bonchev–Trinajstić information content (AvgIpc) is 3.07. The van der Waals surface area contributed by atoms with Gasteiger partial charge in [-0.25, -0.2) is 5.01 Å². The van der Waals surface area contributed by atoms with E-state index in [-0.39, 0.29) is 17.9 Å². The van der Waals surface area contributed by atoms with Gasteiger partial charge in [0.05, 0.1) is 18.9 Å². The number of rotatable bonds is 3. The molecule has 0 spiro atoms. The molecule has 2 aliphatic rings. The fourth-order valence-electron chi connectivity index (χ4n) is 3.98. The number of fused-ring (bicyclic) bond motifs is 3. The molecule has 1 aliphatic carbocycles. The maximum atomic E-state index is 12.6. The van der Waals surface area contributed by atoms with Crippen LogP contribution in [0.25, 0.3) is 0 Å². The van der Waals surface area contributed by atoms with Gasteiger partial charge in [0, 0.05) is 17.9 Å². The number of ether oxygens (including phenoxy) is 1. The van der Waals surface area contributed by atoms with Crippen molar-refractivity contribution in [3.63, 3.8) is 0 Å². The van der Waals surface area contributed by atoms with Crippen molar-refractivity contribution >= 4 is 11.6 Å². The number of aryl methyl sites for hydroxylation is 1. The molecule has 1 aliphatic heterocycles. The predicted molar refractivity (Wildman–Crippen MR) is 97.7 cm³/mol. The van der Waals surface area contributed by atoms with Crippen LogP contribution in [0, 0.1) is 5.92 Å². The van der Waals surface area contributed by atoms with Crippen LogP contribution in [0.3, 0.4) is 0 Å². The van der Waals surface area contributed by atoms with Crippen LogP contribution in [0.5, 0.6) is 5.75 Å². The summed E-state index contributed by atoms with van der Waals surface area (Å²) in [6, 6.07) is 16.4. The minimum atomic E-state index is -0.00102. The Morgan fingerprint density at radius 2 is 2.04 bits per heavy atom. The van der Waals surface area contributed by atoms with Gasteiger partial charge in [-0.15, -0.1) is 0 Å². The van der Waals surface area contributed by atoms with Gasteiger partial charge >= 0.3 is 0 Å². The Balaban J connectivity index is 1.79. The normalized spacial score (nSPS) is 21.4. The minimum absolute atomic E-state index is 0.00102. The van der Waals surface area contributed by atoms with Gasteiger partial charge in [0.15, 0.2) is 0 Å². The molecule has 0 saturated carbocycles. The topological polar surface area (TPSA) is 41.9 Å². The zero-order valence-corrected chi connectivity index (χ0v) is 14.6. The van der Waals surface area contributed by atoms with Crippen molar-refractivity contribution in [2.75, 3.05) is 7.11 Å². The van der Waals surface area contributed by atoms with E-state index < -0.39 is 0 Å². The third-order valence-corrected chi connectivity index (χ3v) is 5.22. The third-order valence-electron chi connectivity index (χ3n) is 5.22. The summed E-state index contributed by atoms with van der Waals surface area (Å²) in [6.45, 7) is 1.89. The SMILES string of the molecule is CCC(=O)N1N=C2c3ccc(OC)cc3CC[C@H]2[C@@H]1c1ccccc1. The van der Waals surface area contributed by atoms with Gasteiger partial charge in [0.25, 0.3) is 0 Å². The lowest BCUT2D eigenvalue weighted by atomic mass is 9.77. The van der Waals surface area contributed by atoms with Crippen molar-refractivity contribution < 1.29 is 9.53 Å². The van der Waals surface area contributed by atoms with Crippen LogP contribution < -0.4 is 4.74 Å². The number of carbonyl (C=O) groups excluding carboxylic acids is 1. The van der Waals surface area contributed by atoms with E-state index in [2.05, 4.69) is 24.3 Å². The second-order valence-electron chi connectivity index (χ2n) is 6.60. The molecule has 4 rings (SSSR count). The van der Waals surface area contributed by atoms with Crippen molar-refractivity contribution in [3.05, 3.63) is 65.2 Å². The molecule has 0 radical (unpaired) electrons. The molecule has 0 unspecified atom stereocenters. The predicted octanol–water partition coefficient (Wildman–Crippen LogP) is 3.96.